The first-order chi connectivity index (χ1) is 8.88. The van der Waals surface area contributed by atoms with Crippen molar-refractivity contribution in [3.05, 3.63) is 29.8 Å². The molecule has 0 bridgehead atoms. The summed E-state index contributed by atoms with van der Waals surface area (Å²) in [5.41, 5.74) is 0.321. The molecular weight excluding hydrogens is 270 g/mol. The Morgan fingerprint density at radius 2 is 1.95 bits per heavy atom. The van der Waals surface area contributed by atoms with E-state index in [1.807, 2.05) is 0 Å². The van der Waals surface area contributed by atoms with E-state index in [9.17, 15) is 13.2 Å². The van der Waals surface area contributed by atoms with Crippen LogP contribution < -0.4 is 5.32 Å². The molecule has 1 rings (SSSR count). The van der Waals surface area contributed by atoms with Gasteiger partial charge in [-0.1, -0.05) is 0 Å². The lowest BCUT2D eigenvalue weighted by molar-refractivity contribution is 0.0839. The number of hydrogen-bond acceptors (Lipinski definition) is 5. The van der Waals surface area contributed by atoms with E-state index in [2.05, 4.69) is 5.32 Å². The Labute approximate surface area is 112 Å². The second-order valence-corrected chi connectivity index (χ2v) is 6.12. The summed E-state index contributed by atoms with van der Waals surface area (Å²) in [7, 11) is -1.81. The molecule has 0 aliphatic carbocycles. The standard InChI is InChI=1S/C12H17NO5S/c1-18-8-10(7-14)13-12(15)9-3-5-11(6-4-9)19(2,16)17/h3-6,10,14H,7-8H2,1-2H3,(H,13,15). The van der Waals surface area contributed by atoms with Crippen LogP contribution in [0.25, 0.3) is 0 Å². The second-order valence-electron chi connectivity index (χ2n) is 4.10. The summed E-state index contributed by atoms with van der Waals surface area (Å²) in [6.45, 7) is -0.0370. The van der Waals surface area contributed by atoms with Gasteiger partial charge in [-0.05, 0) is 24.3 Å². The van der Waals surface area contributed by atoms with Crippen LogP contribution in [0.2, 0.25) is 0 Å². The number of ether oxygens (including phenoxy) is 1. The smallest absolute Gasteiger partial charge is 0.251 e. The van der Waals surface area contributed by atoms with Gasteiger partial charge in [-0.3, -0.25) is 4.79 Å². The van der Waals surface area contributed by atoms with E-state index in [-0.39, 0.29) is 18.1 Å². The van der Waals surface area contributed by atoms with Crippen molar-refractivity contribution in [2.75, 3.05) is 26.6 Å². The summed E-state index contributed by atoms with van der Waals surface area (Å²) in [6.07, 6.45) is 1.10. The minimum atomic E-state index is -3.27. The van der Waals surface area contributed by atoms with Gasteiger partial charge in [0.2, 0.25) is 0 Å². The number of carbonyl (C=O) groups is 1. The van der Waals surface area contributed by atoms with Gasteiger partial charge in [-0.25, -0.2) is 8.42 Å². The Morgan fingerprint density at radius 3 is 2.37 bits per heavy atom. The maximum atomic E-state index is 11.8. The average Bonchev–Trinajstić information content (AvgIpc) is 2.37. The number of amides is 1. The fourth-order valence-corrected chi connectivity index (χ4v) is 2.09. The zero-order valence-electron chi connectivity index (χ0n) is 10.8. The summed E-state index contributed by atoms with van der Waals surface area (Å²) in [6, 6.07) is 5.09. The Morgan fingerprint density at radius 1 is 1.37 bits per heavy atom. The molecule has 0 radical (unpaired) electrons. The molecule has 0 fully saturated rings. The first-order valence-electron chi connectivity index (χ1n) is 5.59. The van der Waals surface area contributed by atoms with Crippen molar-refractivity contribution in [1.82, 2.24) is 5.32 Å². The molecule has 1 amide bonds. The number of carbonyl (C=O) groups excluding carboxylic acids is 1. The highest BCUT2D eigenvalue weighted by Crippen LogP contribution is 2.10. The summed E-state index contributed by atoms with van der Waals surface area (Å²) >= 11 is 0. The number of nitrogens with one attached hydrogen (secondary N) is 1. The van der Waals surface area contributed by atoms with E-state index >= 15 is 0 Å². The van der Waals surface area contributed by atoms with Crippen LogP contribution in [0, 0.1) is 0 Å². The number of rotatable bonds is 6. The van der Waals surface area contributed by atoms with E-state index in [0.29, 0.717) is 5.56 Å². The number of benzene rings is 1. The molecule has 7 heteroatoms. The maximum absolute atomic E-state index is 11.8. The van der Waals surface area contributed by atoms with Gasteiger partial charge in [0.05, 0.1) is 24.2 Å². The van der Waals surface area contributed by atoms with Crippen LogP contribution in [0.4, 0.5) is 0 Å². The minimum absolute atomic E-state index is 0.152. The minimum Gasteiger partial charge on any atom is -0.394 e. The lowest BCUT2D eigenvalue weighted by atomic mass is 10.2. The van der Waals surface area contributed by atoms with Gasteiger partial charge in [0.1, 0.15) is 0 Å². The average molecular weight is 287 g/mol. The number of methoxy groups -OCH3 is 1. The van der Waals surface area contributed by atoms with E-state index in [1.165, 1.54) is 31.4 Å². The molecule has 0 aliphatic heterocycles. The van der Waals surface area contributed by atoms with Gasteiger partial charge >= 0.3 is 0 Å². The second kappa shape index (κ2) is 6.65. The molecular formula is C12H17NO5S. The highest BCUT2D eigenvalue weighted by molar-refractivity contribution is 7.90. The van der Waals surface area contributed by atoms with Crippen LogP contribution in [-0.2, 0) is 14.6 Å². The van der Waals surface area contributed by atoms with Gasteiger partial charge in [0, 0.05) is 18.9 Å². The van der Waals surface area contributed by atoms with Gasteiger partial charge in [0.15, 0.2) is 9.84 Å². The van der Waals surface area contributed by atoms with E-state index in [1.54, 1.807) is 0 Å². The molecule has 6 nitrogen and oxygen atoms in total. The third-order valence-electron chi connectivity index (χ3n) is 2.47. The first kappa shape index (κ1) is 15.6. The molecule has 0 aromatic heterocycles. The zero-order valence-corrected chi connectivity index (χ0v) is 11.6. The molecule has 1 unspecified atom stereocenters. The highest BCUT2D eigenvalue weighted by atomic mass is 32.2. The third kappa shape index (κ3) is 4.62. The Hall–Kier alpha value is -1.44. The fourth-order valence-electron chi connectivity index (χ4n) is 1.46. The van der Waals surface area contributed by atoms with Crippen LogP contribution >= 0.6 is 0 Å². The number of hydrogen-bond donors (Lipinski definition) is 2. The van der Waals surface area contributed by atoms with Crippen molar-refractivity contribution < 1.29 is 23.1 Å². The van der Waals surface area contributed by atoms with Crippen LogP contribution in [0.1, 0.15) is 10.4 Å². The summed E-state index contributed by atoms with van der Waals surface area (Å²) in [5.74, 6) is -0.392. The number of aliphatic hydroxyl groups excluding tert-OH is 1. The van der Waals surface area contributed by atoms with Gasteiger partial charge in [-0.2, -0.15) is 0 Å². The van der Waals surface area contributed by atoms with Crippen LogP contribution in [0.5, 0.6) is 0 Å². The van der Waals surface area contributed by atoms with E-state index in [0.717, 1.165) is 6.26 Å². The van der Waals surface area contributed by atoms with Crippen molar-refractivity contribution in [2.45, 2.75) is 10.9 Å². The molecule has 1 atom stereocenters. The number of aliphatic hydroxyl groups is 1. The normalized spacial score (nSPS) is 13.0. The molecule has 106 valence electrons. The molecule has 1 aromatic carbocycles. The lowest BCUT2D eigenvalue weighted by Crippen LogP contribution is -2.40. The van der Waals surface area contributed by atoms with Crippen LogP contribution in [0.3, 0.4) is 0 Å². The third-order valence-corrected chi connectivity index (χ3v) is 3.60. The van der Waals surface area contributed by atoms with Crippen molar-refractivity contribution >= 4 is 15.7 Å². The Kier molecular flexibility index (Phi) is 5.46. The molecule has 1 aromatic rings. The molecule has 0 aliphatic rings. The van der Waals surface area contributed by atoms with Crippen molar-refractivity contribution in [3.63, 3.8) is 0 Å². The maximum Gasteiger partial charge on any atom is 0.251 e. The topological polar surface area (TPSA) is 92.7 Å². The quantitative estimate of drug-likeness (QED) is 0.757. The highest BCUT2D eigenvalue weighted by Gasteiger charge is 2.14. The summed E-state index contributed by atoms with van der Waals surface area (Å²) in [4.78, 5) is 12.0. The predicted octanol–water partition coefficient (Wildman–Crippen LogP) is -0.173. The van der Waals surface area contributed by atoms with E-state index < -0.39 is 21.8 Å². The molecule has 2 N–H and O–H groups in total. The number of sulfone groups is 1. The van der Waals surface area contributed by atoms with Gasteiger partial charge < -0.3 is 15.2 Å². The Balaban J connectivity index is 2.78. The van der Waals surface area contributed by atoms with Crippen molar-refractivity contribution in [1.29, 1.82) is 0 Å². The summed E-state index contributed by atoms with van der Waals surface area (Å²) < 4.78 is 27.4. The summed E-state index contributed by atoms with van der Waals surface area (Å²) in [5, 5.41) is 11.6. The predicted molar refractivity (Wildman–Crippen MR) is 69.8 cm³/mol. The molecule has 0 heterocycles. The van der Waals surface area contributed by atoms with Gasteiger partial charge in [-0.15, -0.1) is 0 Å². The Bertz CT molecular complexity index is 524. The molecule has 0 saturated heterocycles. The fraction of sp³-hybridized carbons (Fsp3) is 0.417. The first-order valence-corrected chi connectivity index (χ1v) is 7.48. The molecule has 0 spiro atoms. The van der Waals surface area contributed by atoms with Gasteiger partial charge in [0.25, 0.3) is 5.91 Å². The van der Waals surface area contributed by atoms with Crippen molar-refractivity contribution in [2.24, 2.45) is 0 Å². The van der Waals surface area contributed by atoms with Crippen LogP contribution in [-0.4, -0.2) is 52.1 Å². The molecule has 19 heavy (non-hydrogen) atoms. The lowest BCUT2D eigenvalue weighted by Gasteiger charge is -2.15. The molecule has 0 saturated carbocycles. The zero-order chi connectivity index (χ0) is 14.5. The van der Waals surface area contributed by atoms with Crippen LogP contribution in [0.15, 0.2) is 29.2 Å². The monoisotopic (exact) mass is 287 g/mol. The SMILES string of the molecule is COCC(CO)NC(=O)c1ccc(S(C)(=O)=O)cc1. The van der Waals surface area contributed by atoms with E-state index in [4.69, 9.17) is 9.84 Å². The largest absolute Gasteiger partial charge is 0.394 e. The van der Waals surface area contributed by atoms with Crippen molar-refractivity contribution in [3.8, 4) is 0 Å².